The quantitative estimate of drug-likeness (QED) is 0.863. The fourth-order valence-corrected chi connectivity index (χ4v) is 2.95. The van der Waals surface area contributed by atoms with Gasteiger partial charge >= 0.3 is 0 Å². The highest BCUT2D eigenvalue weighted by Crippen LogP contribution is 2.18. The molecule has 3 rings (SSSR count). The number of rotatable bonds is 4. The van der Waals surface area contributed by atoms with Crippen LogP contribution in [0.3, 0.4) is 0 Å². The summed E-state index contributed by atoms with van der Waals surface area (Å²) in [5.41, 5.74) is 0. The van der Waals surface area contributed by atoms with Crippen LogP contribution in [0.1, 0.15) is 30.9 Å². The molecule has 2 aliphatic heterocycles. The Kier molecular flexibility index (Phi) is 3.61. The summed E-state index contributed by atoms with van der Waals surface area (Å²) in [4.78, 5) is 0. The molecule has 100 valence electrons. The summed E-state index contributed by atoms with van der Waals surface area (Å²) in [6, 6.07) is 0. The fourth-order valence-electron chi connectivity index (χ4n) is 2.95. The molecule has 3 heterocycles. The van der Waals surface area contributed by atoms with Crippen molar-refractivity contribution in [1.82, 2.24) is 20.1 Å². The number of hydrogen-bond acceptors (Lipinski definition) is 4. The van der Waals surface area contributed by atoms with Crippen LogP contribution < -0.4 is 5.32 Å². The van der Waals surface area contributed by atoms with E-state index in [1.807, 2.05) is 6.92 Å². The van der Waals surface area contributed by atoms with Crippen LogP contribution in [0.5, 0.6) is 0 Å². The van der Waals surface area contributed by atoms with Gasteiger partial charge in [-0.25, -0.2) is 0 Å². The van der Waals surface area contributed by atoms with Gasteiger partial charge in [-0.1, -0.05) is 0 Å². The number of aryl methyl sites for hydroxylation is 1. The van der Waals surface area contributed by atoms with Gasteiger partial charge in [-0.15, -0.1) is 10.2 Å². The van der Waals surface area contributed by atoms with Crippen LogP contribution in [0, 0.1) is 12.8 Å². The molecule has 0 amide bonds. The van der Waals surface area contributed by atoms with E-state index in [0.717, 1.165) is 50.2 Å². The number of hydrogen-bond donors (Lipinski definition) is 1. The molecule has 2 saturated heterocycles. The molecule has 0 saturated carbocycles. The minimum absolute atomic E-state index is 0.361. The molecule has 1 aromatic heterocycles. The normalized spacial score (nSPS) is 28.1. The SMILES string of the molecule is Cc1nnc(CC2CCNC2)n1CC1CCCO1. The summed E-state index contributed by atoms with van der Waals surface area (Å²) in [5.74, 6) is 2.88. The predicted molar refractivity (Wildman–Crippen MR) is 68.4 cm³/mol. The Labute approximate surface area is 108 Å². The molecule has 18 heavy (non-hydrogen) atoms. The van der Waals surface area contributed by atoms with Gasteiger partial charge in [0.25, 0.3) is 0 Å². The minimum atomic E-state index is 0.361. The van der Waals surface area contributed by atoms with Gasteiger partial charge in [-0.05, 0) is 45.2 Å². The summed E-state index contributed by atoms with van der Waals surface area (Å²) in [5, 5.41) is 12.0. The van der Waals surface area contributed by atoms with Crippen molar-refractivity contribution in [1.29, 1.82) is 0 Å². The molecule has 5 heteroatoms. The van der Waals surface area contributed by atoms with Gasteiger partial charge < -0.3 is 14.6 Å². The predicted octanol–water partition coefficient (Wildman–Crippen LogP) is 0.918. The Bertz CT molecular complexity index is 392. The lowest BCUT2D eigenvalue weighted by atomic mass is 10.0. The van der Waals surface area contributed by atoms with Gasteiger partial charge in [-0.3, -0.25) is 0 Å². The van der Waals surface area contributed by atoms with Crippen LogP contribution in [0.2, 0.25) is 0 Å². The lowest BCUT2D eigenvalue weighted by molar-refractivity contribution is 0.0955. The molecule has 2 atom stereocenters. The van der Waals surface area contributed by atoms with E-state index in [1.165, 1.54) is 19.3 Å². The monoisotopic (exact) mass is 250 g/mol. The molecule has 2 fully saturated rings. The summed E-state index contributed by atoms with van der Waals surface area (Å²) in [6.07, 6.45) is 5.02. The highest BCUT2D eigenvalue weighted by Gasteiger charge is 2.22. The zero-order valence-electron chi connectivity index (χ0n) is 11.1. The third kappa shape index (κ3) is 2.57. The first-order valence-electron chi connectivity index (χ1n) is 7.04. The first kappa shape index (κ1) is 12.1. The maximum absolute atomic E-state index is 5.72. The maximum atomic E-state index is 5.72. The van der Waals surface area contributed by atoms with E-state index in [9.17, 15) is 0 Å². The molecule has 0 bridgehead atoms. The largest absolute Gasteiger partial charge is 0.376 e. The van der Waals surface area contributed by atoms with Crippen LogP contribution in [0.4, 0.5) is 0 Å². The zero-order valence-corrected chi connectivity index (χ0v) is 11.1. The van der Waals surface area contributed by atoms with Gasteiger partial charge in [0.1, 0.15) is 11.6 Å². The van der Waals surface area contributed by atoms with E-state index < -0.39 is 0 Å². The Morgan fingerprint density at radius 1 is 1.39 bits per heavy atom. The average Bonchev–Trinajstić information content (AvgIpc) is 3.08. The van der Waals surface area contributed by atoms with E-state index in [2.05, 4.69) is 20.1 Å². The number of ether oxygens (including phenoxy) is 1. The highest BCUT2D eigenvalue weighted by atomic mass is 16.5. The molecule has 5 nitrogen and oxygen atoms in total. The molecular weight excluding hydrogens is 228 g/mol. The van der Waals surface area contributed by atoms with Crippen molar-refractivity contribution in [2.24, 2.45) is 5.92 Å². The van der Waals surface area contributed by atoms with Crippen molar-refractivity contribution in [3.8, 4) is 0 Å². The highest BCUT2D eigenvalue weighted by molar-refractivity contribution is 4.97. The van der Waals surface area contributed by atoms with Crippen LogP contribution in [0.15, 0.2) is 0 Å². The minimum Gasteiger partial charge on any atom is -0.376 e. The molecule has 2 aliphatic rings. The van der Waals surface area contributed by atoms with Gasteiger partial charge in [-0.2, -0.15) is 0 Å². The Morgan fingerprint density at radius 3 is 3.06 bits per heavy atom. The van der Waals surface area contributed by atoms with Crippen LogP contribution in [0.25, 0.3) is 0 Å². The summed E-state index contributed by atoms with van der Waals surface area (Å²) < 4.78 is 7.98. The second-order valence-electron chi connectivity index (χ2n) is 5.47. The smallest absolute Gasteiger partial charge is 0.133 e. The topological polar surface area (TPSA) is 52.0 Å². The lowest BCUT2D eigenvalue weighted by Crippen LogP contribution is -2.20. The lowest BCUT2D eigenvalue weighted by Gasteiger charge is -2.15. The summed E-state index contributed by atoms with van der Waals surface area (Å²) >= 11 is 0. The van der Waals surface area contributed by atoms with E-state index in [0.29, 0.717) is 6.10 Å². The van der Waals surface area contributed by atoms with Crippen LogP contribution in [-0.4, -0.2) is 40.6 Å². The van der Waals surface area contributed by atoms with Gasteiger partial charge in [0, 0.05) is 13.0 Å². The summed E-state index contributed by atoms with van der Waals surface area (Å²) in [7, 11) is 0. The van der Waals surface area contributed by atoms with Crippen LogP contribution in [-0.2, 0) is 17.7 Å². The van der Waals surface area contributed by atoms with E-state index in [1.54, 1.807) is 0 Å². The number of nitrogens with one attached hydrogen (secondary N) is 1. The molecule has 0 aliphatic carbocycles. The van der Waals surface area contributed by atoms with Crippen LogP contribution >= 0.6 is 0 Å². The molecule has 1 N–H and O–H groups in total. The fraction of sp³-hybridized carbons (Fsp3) is 0.846. The van der Waals surface area contributed by atoms with Crippen molar-refractivity contribution in [3.05, 3.63) is 11.6 Å². The second kappa shape index (κ2) is 5.36. The van der Waals surface area contributed by atoms with Gasteiger partial charge in [0.05, 0.1) is 12.6 Å². The summed E-state index contributed by atoms with van der Waals surface area (Å²) in [6.45, 7) is 6.13. The van der Waals surface area contributed by atoms with Gasteiger partial charge in [0.2, 0.25) is 0 Å². The van der Waals surface area contributed by atoms with E-state index in [4.69, 9.17) is 4.74 Å². The Morgan fingerprint density at radius 2 is 2.33 bits per heavy atom. The van der Waals surface area contributed by atoms with Crippen molar-refractivity contribution >= 4 is 0 Å². The molecule has 0 radical (unpaired) electrons. The average molecular weight is 250 g/mol. The third-order valence-electron chi connectivity index (χ3n) is 4.06. The van der Waals surface area contributed by atoms with Gasteiger partial charge in [0.15, 0.2) is 0 Å². The van der Waals surface area contributed by atoms with Crippen molar-refractivity contribution in [2.75, 3.05) is 19.7 Å². The maximum Gasteiger partial charge on any atom is 0.133 e. The molecule has 2 unspecified atom stereocenters. The van der Waals surface area contributed by atoms with Crippen molar-refractivity contribution in [3.63, 3.8) is 0 Å². The molecule has 1 aromatic rings. The molecular formula is C13H22N4O. The van der Waals surface area contributed by atoms with Crippen molar-refractivity contribution < 1.29 is 4.74 Å². The third-order valence-corrected chi connectivity index (χ3v) is 4.06. The zero-order chi connectivity index (χ0) is 12.4. The number of aromatic nitrogens is 3. The molecule has 0 aromatic carbocycles. The first-order valence-corrected chi connectivity index (χ1v) is 7.04. The number of nitrogens with zero attached hydrogens (tertiary/aromatic N) is 3. The van der Waals surface area contributed by atoms with Crippen molar-refractivity contribution in [2.45, 2.75) is 45.3 Å². The van der Waals surface area contributed by atoms with E-state index in [-0.39, 0.29) is 0 Å². The van der Waals surface area contributed by atoms with E-state index >= 15 is 0 Å². The Hall–Kier alpha value is -0.940. The Balaban J connectivity index is 1.68. The molecule has 0 spiro atoms. The standard InChI is InChI=1S/C13H22N4O/c1-10-15-16-13(7-11-4-5-14-8-11)17(10)9-12-3-2-6-18-12/h11-12,14H,2-9H2,1H3. The first-order chi connectivity index (χ1) is 8.83. The second-order valence-corrected chi connectivity index (χ2v) is 5.47.